The highest BCUT2D eigenvalue weighted by Gasteiger charge is 2.23. The summed E-state index contributed by atoms with van der Waals surface area (Å²) in [4.78, 5) is 0. The van der Waals surface area contributed by atoms with E-state index in [0.717, 1.165) is 0 Å². The van der Waals surface area contributed by atoms with Crippen LogP contribution in [-0.4, -0.2) is 48.2 Å². The lowest BCUT2D eigenvalue weighted by molar-refractivity contribution is -0.936. The van der Waals surface area contributed by atoms with Gasteiger partial charge in [-0.05, 0) is 41.5 Å². The highest BCUT2D eigenvalue weighted by molar-refractivity contribution is 5.21. The highest BCUT2D eigenvalue weighted by Crippen LogP contribution is 2.18. The fourth-order valence-electron chi connectivity index (χ4n) is 3.54. The van der Waals surface area contributed by atoms with Crippen molar-refractivity contribution in [3.05, 3.63) is 35.4 Å². The number of hydrogen-bond acceptors (Lipinski definition) is 0. The van der Waals surface area contributed by atoms with E-state index in [1.54, 1.807) is 0 Å². The maximum Gasteiger partial charge on any atom is 0.104 e. The first kappa shape index (κ1) is 22.4. The number of halogens is 1. The Balaban J connectivity index is 0.00000484. The molecule has 0 N–H and O–H groups in total. The molecule has 0 aromatic heterocycles. The Kier molecular flexibility index (Phi) is 10.1. The summed E-state index contributed by atoms with van der Waals surface area (Å²) in [5.41, 5.74) is 2.97. The van der Waals surface area contributed by atoms with Gasteiger partial charge in [0.15, 0.2) is 0 Å². The van der Waals surface area contributed by atoms with E-state index in [1.807, 2.05) is 0 Å². The van der Waals surface area contributed by atoms with Crippen LogP contribution in [-0.2, 0) is 13.1 Å². The summed E-state index contributed by atoms with van der Waals surface area (Å²) in [5, 5.41) is 0. The van der Waals surface area contributed by atoms with Crippen LogP contribution in [0.2, 0.25) is 0 Å². The number of rotatable bonds is 10. The fraction of sp³-hybridized carbons (Fsp3) is 0.700. The van der Waals surface area contributed by atoms with Gasteiger partial charge in [-0.2, -0.15) is 0 Å². The third-order valence-electron chi connectivity index (χ3n) is 6.08. The Morgan fingerprint density at radius 3 is 0.913 bits per heavy atom. The van der Waals surface area contributed by atoms with Crippen molar-refractivity contribution in [3.8, 4) is 0 Å². The van der Waals surface area contributed by atoms with Crippen molar-refractivity contribution in [2.75, 3.05) is 39.3 Å². The van der Waals surface area contributed by atoms with Crippen LogP contribution in [0.5, 0.6) is 0 Å². The van der Waals surface area contributed by atoms with Crippen molar-refractivity contribution in [3.63, 3.8) is 0 Å². The molecule has 0 aliphatic heterocycles. The van der Waals surface area contributed by atoms with Gasteiger partial charge in [0.1, 0.15) is 13.1 Å². The molecule has 0 spiro atoms. The van der Waals surface area contributed by atoms with Gasteiger partial charge in [-0.25, -0.2) is 0 Å². The largest absolute Gasteiger partial charge is 1.00 e. The molecule has 0 radical (unpaired) electrons. The molecule has 23 heavy (non-hydrogen) atoms. The van der Waals surface area contributed by atoms with Gasteiger partial charge in [-0.1, -0.05) is 24.3 Å². The van der Waals surface area contributed by atoms with Gasteiger partial charge in [0, 0.05) is 11.1 Å². The van der Waals surface area contributed by atoms with Crippen molar-refractivity contribution in [2.24, 2.45) is 0 Å². The fourth-order valence-corrected chi connectivity index (χ4v) is 3.54. The smallest absolute Gasteiger partial charge is 0.104 e. The van der Waals surface area contributed by atoms with E-state index in [2.05, 4.69) is 65.8 Å². The maximum atomic E-state index is 2.36. The number of quaternary nitrogens is 2. The minimum absolute atomic E-state index is 0. The monoisotopic (exact) mass is 341 g/mol. The molecule has 0 amide bonds. The quantitative estimate of drug-likeness (QED) is 0.565. The summed E-state index contributed by atoms with van der Waals surface area (Å²) in [6.07, 6.45) is 0. The Bertz CT molecular complexity index is 362. The van der Waals surface area contributed by atoms with Gasteiger partial charge in [0.2, 0.25) is 0 Å². The van der Waals surface area contributed by atoms with Gasteiger partial charge in [0.25, 0.3) is 0 Å². The zero-order valence-corrected chi connectivity index (χ0v) is 17.0. The van der Waals surface area contributed by atoms with Crippen LogP contribution >= 0.6 is 0 Å². The summed E-state index contributed by atoms with van der Waals surface area (Å²) >= 11 is 0. The van der Waals surface area contributed by atoms with Crippen molar-refractivity contribution in [1.29, 1.82) is 0 Å². The van der Waals surface area contributed by atoms with Gasteiger partial charge in [0.05, 0.1) is 39.3 Å². The molecule has 0 fully saturated rings. The van der Waals surface area contributed by atoms with E-state index in [0.29, 0.717) is 0 Å². The molecule has 0 saturated heterocycles. The molecule has 1 aromatic carbocycles. The van der Waals surface area contributed by atoms with E-state index in [9.17, 15) is 0 Å². The average Bonchev–Trinajstić information content (AvgIpc) is 2.59. The molecule has 1 rings (SSSR count). The zero-order valence-electron chi connectivity index (χ0n) is 16.2. The Morgan fingerprint density at radius 2 is 0.739 bits per heavy atom. The highest BCUT2D eigenvalue weighted by atomic mass is 35.5. The van der Waals surface area contributed by atoms with Gasteiger partial charge < -0.3 is 21.4 Å². The molecule has 0 saturated carbocycles. The Labute approximate surface area is 151 Å². The Hall–Kier alpha value is -0.570. The molecule has 0 unspecified atom stereocenters. The molecule has 0 heterocycles. The van der Waals surface area contributed by atoms with Crippen LogP contribution in [0.3, 0.4) is 0 Å². The molecular weight excluding hydrogens is 304 g/mol. The second-order valence-electron chi connectivity index (χ2n) is 6.71. The van der Waals surface area contributed by atoms with Crippen molar-refractivity contribution >= 4 is 0 Å². The predicted octanol–water partition coefficient (Wildman–Crippen LogP) is 1.44. The van der Waals surface area contributed by atoms with Gasteiger partial charge >= 0.3 is 0 Å². The summed E-state index contributed by atoms with van der Waals surface area (Å²) in [6.45, 7) is 23.5. The minimum Gasteiger partial charge on any atom is -1.00 e. The molecular formula is C20H38ClN2+. The molecule has 0 aliphatic carbocycles. The molecule has 0 atom stereocenters. The van der Waals surface area contributed by atoms with Crippen LogP contribution in [0.1, 0.15) is 52.7 Å². The lowest BCUT2D eigenvalue weighted by Crippen LogP contribution is -3.00. The van der Waals surface area contributed by atoms with Crippen LogP contribution in [0, 0.1) is 0 Å². The predicted molar refractivity (Wildman–Crippen MR) is 97.6 cm³/mol. The molecule has 2 nitrogen and oxygen atoms in total. The summed E-state index contributed by atoms with van der Waals surface area (Å²) in [7, 11) is 0. The van der Waals surface area contributed by atoms with Crippen molar-refractivity contribution in [1.82, 2.24) is 0 Å². The second-order valence-corrected chi connectivity index (χ2v) is 6.71. The van der Waals surface area contributed by atoms with Crippen LogP contribution in [0.25, 0.3) is 0 Å². The summed E-state index contributed by atoms with van der Waals surface area (Å²) in [6, 6.07) is 9.44. The molecule has 1 aromatic rings. The van der Waals surface area contributed by atoms with E-state index in [4.69, 9.17) is 0 Å². The van der Waals surface area contributed by atoms with Crippen molar-refractivity contribution in [2.45, 2.75) is 54.6 Å². The number of hydrogen-bond donors (Lipinski definition) is 0. The molecule has 3 heteroatoms. The van der Waals surface area contributed by atoms with E-state index in [-0.39, 0.29) is 12.4 Å². The van der Waals surface area contributed by atoms with E-state index >= 15 is 0 Å². The molecule has 0 aliphatic rings. The first-order valence-electron chi connectivity index (χ1n) is 9.30. The third kappa shape index (κ3) is 5.77. The normalized spacial score (nSPS) is 12.1. The van der Waals surface area contributed by atoms with Gasteiger partial charge in [-0.3, -0.25) is 0 Å². The van der Waals surface area contributed by atoms with Crippen LogP contribution in [0.15, 0.2) is 24.3 Å². The summed E-state index contributed by atoms with van der Waals surface area (Å²) < 4.78 is 2.39. The maximum absolute atomic E-state index is 2.36. The molecule has 0 bridgehead atoms. The topological polar surface area (TPSA) is 0 Å². The SMILES string of the molecule is CC[N+](CC)(CC)Cc1ccc(C[N+](CC)(CC)CC)cc1.[Cl-]. The first-order valence-corrected chi connectivity index (χ1v) is 9.30. The van der Waals surface area contributed by atoms with Crippen molar-refractivity contribution < 1.29 is 21.4 Å². The van der Waals surface area contributed by atoms with Crippen LogP contribution in [0.4, 0.5) is 0 Å². The lowest BCUT2D eigenvalue weighted by Gasteiger charge is -2.36. The van der Waals surface area contributed by atoms with Crippen LogP contribution < -0.4 is 12.4 Å². The molecule has 134 valence electrons. The van der Waals surface area contributed by atoms with E-state index < -0.39 is 0 Å². The number of benzene rings is 1. The third-order valence-corrected chi connectivity index (χ3v) is 6.08. The zero-order chi connectivity index (χ0) is 16.6. The van der Waals surface area contributed by atoms with Gasteiger partial charge in [-0.15, -0.1) is 0 Å². The first-order chi connectivity index (χ1) is 10.5. The summed E-state index contributed by atoms with van der Waals surface area (Å²) in [5.74, 6) is 0. The Morgan fingerprint density at radius 1 is 0.522 bits per heavy atom. The standard InChI is InChI=1S/C20H38N2.ClH/c1-7-21(8-2,9-3)17-19-13-15-20(16-14-19)18-22(10-4,11-5)12-6;/h13-16H,7-12,17-18H2,1-6H3;1H/q+2;/p-1. The van der Waals surface area contributed by atoms with E-state index in [1.165, 1.54) is 72.5 Å². The second kappa shape index (κ2) is 10.3. The number of nitrogens with zero attached hydrogens (tertiary/aromatic N) is 2. The minimum atomic E-state index is 0. The lowest BCUT2D eigenvalue weighted by atomic mass is 10.1. The average molecular weight is 342 g/mol.